The van der Waals surface area contributed by atoms with E-state index in [1.54, 1.807) is 24.3 Å². The van der Waals surface area contributed by atoms with Crippen LogP contribution in [0.2, 0.25) is 0 Å². The van der Waals surface area contributed by atoms with Crippen molar-refractivity contribution >= 4 is 11.0 Å². The van der Waals surface area contributed by atoms with Crippen molar-refractivity contribution in [3.05, 3.63) is 52.7 Å². The van der Waals surface area contributed by atoms with E-state index < -0.39 is 0 Å². The Morgan fingerprint density at radius 2 is 1.86 bits per heavy atom. The van der Waals surface area contributed by atoms with Crippen molar-refractivity contribution in [2.45, 2.75) is 0 Å². The molecule has 0 bridgehead atoms. The zero-order valence-corrected chi connectivity index (χ0v) is 11.2. The van der Waals surface area contributed by atoms with E-state index >= 15 is 0 Å². The smallest absolute Gasteiger partial charge is 0.197 e. The van der Waals surface area contributed by atoms with E-state index in [2.05, 4.69) is 0 Å². The monoisotopic (exact) mass is 284 g/mol. The molecule has 1 aromatic heterocycles. The third-order valence-electron chi connectivity index (χ3n) is 3.20. The van der Waals surface area contributed by atoms with Gasteiger partial charge in [-0.25, -0.2) is 0 Å². The summed E-state index contributed by atoms with van der Waals surface area (Å²) in [6, 6.07) is 10.6. The van der Waals surface area contributed by atoms with Crippen LogP contribution in [0.4, 0.5) is 0 Å². The number of hydrogen-bond donors (Lipinski definition) is 2. The van der Waals surface area contributed by atoms with Gasteiger partial charge in [-0.15, -0.1) is 0 Å². The van der Waals surface area contributed by atoms with Crippen molar-refractivity contribution in [2.24, 2.45) is 0 Å². The van der Waals surface area contributed by atoms with E-state index in [4.69, 9.17) is 9.15 Å². The molecule has 106 valence electrons. The number of benzene rings is 2. The molecule has 0 saturated carbocycles. The van der Waals surface area contributed by atoms with Crippen LogP contribution in [0.5, 0.6) is 17.2 Å². The molecule has 0 amide bonds. The Morgan fingerprint density at radius 3 is 2.62 bits per heavy atom. The molecule has 3 aromatic rings. The third-order valence-corrected chi connectivity index (χ3v) is 3.20. The normalized spacial score (nSPS) is 10.7. The second-order valence-corrected chi connectivity index (χ2v) is 4.51. The van der Waals surface area contributed by atoms with Gasteiger partial charge in [-0.3, -0.25) is 4.79 Å². The van der Waals surface area contributed by atoms with Gasteiger partial charge < -0.3 is 19.4 Å². The largest absolute Gasteiger partial charge is 0.507 e. The first kappa shape index (κ1) is 13.1. The molecule has 0 unspecified atom stereocenters. The SMILES string of the molecule is COc1cc(-c2cc(=O)c3c(O)cccc3o2)ccc1O. The summed E-state index contributed by atoms with van der Waals surface area (Å²) in [5.41, 5.74) is 0.549. The molecular formula is C16H12O5. The Labute approximate surface area is 119 Å². The highest BCUT2D eigenvalue weighted by Crippen LogP contribution is 2.32. The lowest BCUT2D eigenvalue weighted by Crippen LogP contribution is -2.00. The lowest BCUT2D eigenvalue weighted by molar-refractivity contribution is 0.373. The molecule has 3 rings (SSSR count). The van der Waals surface area contributed by atoms with Gasteiger partial charge in [-0.05, 0) is 30.3 Å². The third kappa shape index (κ3) is 2.18. The number of aromatic hydroxyl groups is 2. The van der Waals surface area contributed by atoms with E-state index in [0.29, 0.717) is 16.9 Å². The minimum absolute atomic E-state index is 0.00188. The lowest BCUT2D eigenvalue weighted by Gasteiger charge is -2.07. The predicted molar refractivity (Wildman–Crippen MR) is 77.8 cm³/mol. The van der Waals surface area contributed by atoms with Crippen LogP contribution < -0.4 is 10.2 Å². The van der Waals surface area contributed by atoms with E-state index in [1.165, 1.54) is 25.3 Å². The van der Waals surface area contributed by atoms with Crippen molar-refractivity contribution in [1.82, 2.24) is 0 Å². The summed E-state index contributed by atoms with van der Waals surface area (Å²) in [6.07, 6.45) is 0. The van der Waals surface area contributed by atoms with Gasteiger partial charge >= 0.3 is 0 Å². The topological polar surface area (TPSA) is 79.9 Å². The maximum absolute atomic E-state index is 12.1. The number of phenols is 2. The summed E-state index contributed by atoms with van der Waals surface area (Å²) in [5.74, 6) is 0.501. The van der Waals surface area contributed by atoms with Crippen molar-refractivity contribution in [3.8, 4) is 28.6 Å². The zero-order chi connectivity index (χ0) is 15.0. The predicted octanol–water partition coefficient (Wildman–Crippen LogP) is 2.88. The summed E-state index contributed by atoms with van der Waals surface area (Å²) < 4.78 is 10.7. The van der Waals surface area contributed by atoms with E-state index in [0.717, 1.165) is 0 Å². The minimum Gasteiger partial charge on any atom is -0.507 e. The summed E-state index contributed by atoms with van der Waals surface area (Å²) in [5, 5.41) is 19.5. The average molecular weight is 284 g/mol. The van der Waals surface area contributed by atoms with Gasteiger partial charge in [0.05, 0.1) is 7.11 Å². The Morgan fingerprint density at radius 1 is 1.05 bits per heavy atom. The molecule has 0 aliphatic heterocycles. The van der Waals surface area contributed by atoms with Gasteiger partial charge in [0.1, 0.15) is 22.5 Å². The highest BCUT2D eigenvalue weighted by Gasteiger charge is 2.11. The van der Waals surface area contributed by atoms with E-state index in [-0.39, 0.29) is 28.1 Å². The van der Waals surface area contributed by atoms with Crippen LogP contribution in [0.25, 0.3) is 22.3 Å². The standard InChI is InChI=1S/C16H12O5/c1-20-15-7-9(5-6-10(15)17)14-8-12(19)16-11(18)3-2-4-13(16)21-14/h2-8,17-18H,1H3. The molecule has 0 aliphatic rings. The molecule has 0 saturated heterocycles. The molecule has 0 atom stereocenters. The fraction of sp³-hybridized carbons (Fsp3) is 0.0625. The van der Waals surface area contributed by atoms with E-state index in [1.807, 2.05) is 0 Å². The number of hydrogen-bond acceptors (Lipinski definition) is 5. The number of fused-ring (bicyclic) bond motifs is 1. The second-order valence-electron chi connectivity index (χ2n) is 4.51. The molecule has 0 radical (unpaired) electrons. The minimum atomic E-state index is -0.337. The molecule has 0 aliphatic carbocycles. The Kier molecular flexibility index (Phi) is 3.02. The van der Waals surface area contributed by atoms with Crippen LogP contribution in [-0.4, -0.2) is 17.3 Å². The first-order valence-electron chi connectivity index (χ1n) is 6.23. The number of phenolic OH excluding ortho intramolecular Hbond substituents is 2. The van der Waals surface area contributed by atoms with Crippen LogP contribution in [0.3, 0.4) is 0 Å². The molecular weight excluding hydrogens is 272 g/mol. The van der Waals surface area contributed by atoms with Crippen LogP contribution in [-0.2, 0) is 0 Å². The number of methoxy groups -OCH3 is 1. The Hall–Kier alpha value is -2.95. The molecule has 0 spiro atoms. The molecule has 5 nitrogen and oxygen atoms in total. The number of ether oxygens (including phenoxy) is 1. The van der Waals surface area contributed by atoms with Crippen LogP contribution >= 0.6 is 0 Å². The van der Waals surface area contributed by atoms with Gasteiger partial charge in [0.15, 0.2) is 16.9 Å². The van der Waals surface area contributed by atoms with Crippen molar-refractivity contribution in [3.63, 3.8) is 0 Å². The second kappa shape index (κ2) is 4.86. The van der Waals surface area contributed by atoms with Crippen LogP contribution in [0.15, 0.2) is 51.7 Å². The van der Waals surface area contributed by atoms with Gasteiger partial charge in [-0.2, -0.15) is 0 Å². The molecule has 2 N–H and O–H groups in total. The molecule has 0 fully saturated rings. The van der Waals surface area contributed by atoms with Gasteiger partial charge in [0.2, 0.25) is 0 Å². The molecule has 2 aromatic carbocycles. The van der Waals surface area contributed by atoms with E-state index in [9.17, 15) is 15.0 Å². The average Bonchev–Trinajstić information content (AvgIpc) is 2.47. The zero-order valence-electron chi connectivity index (χ0n) is 11.2. The summed E-state index contributed by atoms with van der Waals surface area (Å²) in [7, 11) is 1.44. The molecule has 21 heavy (non-hydrogen) atoms. The van der Waals surface area contributed by atoms with Crippen molar-refractivity contribution in [2.75, 3.05) is 7.11 Å². The first-order valence-corrected chi connectivity index (χ1v) is 6.23. The number of rotatable bonds is 2. The summed E-state index contributed by atoms with van der Waals surface area (Å²) >= 11 is 0. The Bertz CT molecular complexity index is 879. The van der Waals surface area contributed by atoms with Crippen LogP contribution in [0.1, 0.15) is 0 Å². The summed E-state index contributed by atoms with van der Waals surface area (Å²) in [6.45, 7) is 0. The van der Waals surface area contributed by atoms with Gasteiger partial charge in [0.25, 0.3) is 0 Å². The quantitative estimate of drug-likeness (QED) is 0.756. The lowest BCUT2D eigenvalue weighted by atomic mass is 10.1. The maximum atomic E-state index is 12.1. The highest BCUT2D eigenvalue weighted by atomic mass is 16.5. The first-order chi connectivity index (χ1) is 10.1. The fourth-order valence-corrected chi connectivity index (χ4v) is 2.16. The Balaban J connectivity index is 2.24. The molecule has 5 heteroatoms. The van der Waals surface area contributed by atoms with Crippen molar-refractivity contribution in [1.29, 1.82) is 0 Å². The van der Waals surface area contributed by atoms with Crippen LogP contribution in [0, 0.1) is 0 Å². The maximum Gasteiger partial charge on any atom is 0.197 e. The van der Waals surface area contributed by atoms with Crippen molar-refractivity contribution < 1.29 is 19.4 Å². The van der Waals surface area contributed by atoms with Gasteiger partial charge in [-0.1, -0.05) is 6.07 Å². The fourth-order valence-electron chi connectivity index (χ4n) is 2.16. The summed E-state index contributed by atoms with van der Waals surface area (Å²) in [4.78, 5) is 12.1. The highest BCUT2D eigenvalue weighted by molar-refractivity contribution is 5.84. The molecule has 1 heterocycles. The van der Waals surface area contributed by atoms with Gasteiger partial charge in [0, 0.05) is 11.6 Å².